The largest absolute Gasteiger partial charge is 0.500 e. The minimum Gasteiger partial charge on any atom is -0.385 e. The van der Waals surface area contributed by atoms with Gasteiger partial charge in [0.1, 0.15) is 0 Å². The maximum atomic E-state index is 5.36. The summed E-state index contributed by atoms with van der Waals surface area (Å²) in [5, 5.41) is 3.35. The molecule has 0 amide bonds. The molecule has 0 radical (unpaired) electrons. The Morgan fingerprint density at radius 2 is 1.33 bits per heavy atom. The van der Waals surface area contributed by atoms with Crippen molar-refractivity contribution in [3.8, 4) is 0 Å². The highest BCUT2D eigenvalue weighted by Crippen LogP contribution is 2.15. The van der Waals surface area contributed by atoms with Crippen molar-refractivity contribution in [1.29, 1.82) is 0 Å². The van der Waals surface area contributed by atoms with Crippen molar-refractivity contribution in [3.05, 3.63) is 30.3 Å². The third-order valence-corrected chi connectivity index (χ3v) is 7.26. The Balaban J connectivity index is 0.000000640. The van der Waals surface area contributed by atoms with Gasteiger partial charge in [-0.1, -0.05) is 18.2 Å². The average molecular weight is 378 g/mol. The molecule has 1 aromatic rings. The Bertz CT molecular complexity index is 377. The molecule has 0 aliphatic heterocycles. The summed E-state index contributed by atoms with van der Waals surface area (Å²) >= 11 is 0. The normalized spacial score (nSPS) is 11.1. The van der Waals surface area contributed by atoms with Crippen LogP contribution in [0.3, 0.4) is 0 Å². The number of rotatable bonds is 11. The minimum absolute atomic E-state index is 0.816. The molecule has 9 heteroatoms. The molecule has 0 aromatic heterocycles. The minimum atomic E-state index is -2.40. The smallest absolute Gasteiger partial charge is 0.385 e. The van der Waals surface area contributed by atoms with Crippen LogP contribution in [-0.4, -0.2) is 67.5 Å². The summed E-state index contributed by atoms with van der Waals surface area (Å²) in [4.78, 5) is 0. The number of hydrogen-bond donors (Lipinski definition) is 1. The topological polar surface area (TPSA) is 67.4 Å². The Kier molecular flexibility index (Phi) is 14.1. The van der Waals surface area contributed by atoms with Crippen LogP contribution in [0.15, 0.2) is 30.3 Å². The molecule has 0 saturated carbocycles. The lowest BCUT2D eigenvalue weighted by molar-refractivity contribution is 0.123. The number of hydrogen-bond acceptors (Lipinski definition) is 7. The van der Waals surface area contributed by atoms with Crippen molar-refractivity contribution < 1.29 is 26.6 Å². The maximum absolute atomic E-state index is 5.36. The highest BCUT2D eigenvalue weighted by molar-refractivity contribution is 6.60. The van der Waals surface area contributed by atoms with E-state index in [1.54, 1.807) is 42.7 Å². The lowest BCUT2D eigenvalue weighted by atomic mass is 10.3. The third-order valence-electron chi connectivity index (χ3n) is 3.27. The van der Waals surface area contributed by atoms with Gasteiger partial charge in [-0.2, -0.15) is 0 Å². The molecule has 24 heavy (non-hydrogen) atoms. The zero-order chi connectivity index (χ0) is 18.3. The fraction of sp³-hybridized carbons (Fsp3) is 0.600. The second kappa shape index (κ2) is 14.5. The quantitative estimate of drug-likeness (QED) is 0.467. The van der Waals surface area contributed by atoms with Gasteiger partial charge in [0.05, 0.1) is 0 Å². The molecule has 0 aliphatic rings. The van der Waals surface area contributed by atoms with Crippen LogP contribution in [0.25, 0.3) is 0 Å². The Labute approximate surface area is 148 Å². The zero-order valence-corrected chi connectivity index (χ0v) is 17.7. The van der Waals surface area contributed by atoms with Gasteiger partial charge in [0.15, 0.2) is 0 Å². The average Bonchev–Trinajstić information content (AvgIpc) is 2.65. The van der Waals surface area contributed by atoms with Crippen molar-refractivity contribution in [2.75, 3.05) is 54.5 Å². The Hall–Kier alpha value is -0.786. The first-order chi connectivity index (χ1) is 11.6. The Morgan fingerprint density at radius 1 is 0.833 bits per heavy atom. The molecule has 7 nitrogen and oxygen atoms in total. The SMILES string of the molecule is CO[SiH](OC)OC.CO[Si](CCCNc1ccccc1)(OC)OC. The van der Waals surface area contributed by atoms with E-state index in [9.17, 15) is 0 Å². The number of anilines is 1. The molecule has 1 rings (SSSR count). The van der Waals surface area contributed by atoms with E-state index in [4.69, 9.17) is 26.6 Å². The summed E-state index contributed by atoms with van der Waals surface area (Å²) < 4.78 is 30.3. The molecule has 0 heterocycles. The van der Waals surface area contributed by atoms with Crippen LogP contribution in [0.5, 0.6) is 0 Å². The van der Waals surface area contributed by atoms with Crippen LogP contribution in [0, 0.1) is 0 Å². The summed E-state index contributed by atoms with van der Waals surface area (Å²) in [6.45, 7) is 0.884. The van der Waals surface area contributed by atoms with E-state index in [0.717, 1.165) is 24.7 Å². The van der Waals surface area contributed by atoms with E-state index in [0.29, 0.717) is 0 Å². The van der Waals surface area contributed by atoms with Crippen molar-refractivity contribution >= 4 is 24.0 Å². The molecular weight excluding hydrogens is 346 g/mol. The number of nitrogens with one attached hydrogen (secondary N) is 1. The van der Waals surface area contributed by atoms with Crippen LogP contribution >= 0.6 is 0 Å². The first-order valence-electron chi connectivity index (χ1n) is 7.64. The lowest BCUT2D eigenvalue weighted by Crippen LogP contribution is -2.42. The molecule has 0 fully saturated rings. The molecule has 0 bridgehead atoms. The fourth-order valence-corrected chi connectivity index (χ4v) is 4.24. The van der Waals surface area contributed by atoms with Gasteiger partial charge in [-0.25, -0.2) is 0 Å². The fourth-order valence-electron chi connectivity index (χ4n) is 1.94. The van der Waals surface area contributed by atoms with Gasteiger partial charge in [0.2, 0.25) is 0 Å². The van der Waals surface area contributed by atoms with Crippen LogP contribution in [0.1, 0.15) is 6.42 Å². The van der Waals surface area contributed by atoms with Crippen molar-refractivity contribution in [2.24, 2.45) is 0 Å². The van der Waals surface area contributed by atoms with E-state index in [1.165, 1.54) is 0 Å². The molecule has 0 aliphatic carbocycles. The van der Waals surface area contributed by atoms with Crippen molar-refractivity contribution in [3.63, 3.8) is 0 Å². The summed E-state index contributed by atoms with van der Waals surface area (Å²) in [5.41, 5.74) is 1.13. The first kappa shape index (κ1) is 23.2. The van der Waals surface area contributed by atoms with Gasteiger partial charge in [-0.05, 0) is 18.6 Å². The molecular formula is C15H31NO6Si2. The standard InChI is InChI=1S/C12H21NO3Si.C3H10O3Si/c1-14-17(15-2,16-3)11-7-10-13-12-8-5-4-6-9-12;1-4-7(5-2)6-3/h4-6,8-9,13H,7,10-11H2,1-3H3;7H,1-3H3. The van der Waals surface area contributed by atoms with Gasteiger partial charge in [0.25, 0.3) is 0 Å². The Morgan fingerprint density at radius 3 is 1.71 bits per heavy atom. The number of para-hydroxylation sites is 1. The van der Waals surface area contributed by atoms with E-state index in [2.05, 4.69) is 5.32 Å². The van der Waals surface area contributed by atoms with Crippen molar-refractivity contribution in [2.45, 2.75) is 12.5 Å². The highest BCUT2D eigenvalue weighted by atomic mass is 28.4. The van der Waals surface area contributed by atoms with Gasteiger partial charge >= 0.3 is 18.3 Å². The third kappa shape index (κ3) is 9.50. The van der Waals surface area contributed by atoms with E-state index >= 15 is 0 Å². The second-order valence-corrected chi connectivity index (χ2v) is 9.77. The van der Waals surface area contributed by atoms with Crippen LogP contribution in [0.4, 0.5) is 5.69 Å². The van der Waals surface area contributed by atoms with Gasteiger partial charge in [0, 0.05) is 60.9 Å². The molecule has 140 valence electrons. The molecule has 0 saturated heterocycles. The lowest BCUT2D eigenvalue weighted by Gasteiger charge is -2.24. The summed E-state index contributed by atoms with van der Waals surface area (Å²) in [7, 11) is 5.58. The molecule has 1 N–H and O–H groups in total. The van der Waals surface area contributed by atoms with Gasteiger partial charge in [-0.3, -0.25) is 0 Å². The number of benzene rings is 1. The summed E-state index contributed by atoms with van der Waals surface area (Å²) in [5.74, 6) is 0. The van der Waals surface area contributed by atoms with Gasteiger partial charge < -0.3 is 31.9 Å². The first-order valence-corrected chi connectivity index (χ1v) is 11.0. The van der Waals surface area contributed by atoms with E-state index < -0.39 is 18.3 Å². The van der Waals surface area contributed by atoms with Crippen LogP contribution in [-0.2, 0) is 26.6 Å². The summed E-state index contributed by atoms with van der Waals surface area (Å²) in [6.07, 6.45) is 0.955. The van der Waals surface area contributed by atoms with Crippen molar-refractivity contribution in [1.82, 2.24) is 0 Å². The molecule has 0 unspecified atom stereocenters. The zero-order valence-electron chi connectivity index (χ0n) is 15.5. The van der Waals surface area contributed by atoms with E-state index in [-0.39, 0.29) is 0 Å². The highest BCUT2D eigenvalue weighted by Gasteiger charge is 2.36. The predicted molar refractivity (Wildman–Crippen MR) is 99.3 cm³/mol. The molecule has 1 aromatic carbocycles. The monoisotopic (exact) mass is 377 g/mol. The summed E-state index contributed by atoms with van der Waals surface area (Å²) in [6, 6.07) is 10.9. The molecule has 0 atom stereocenters. The van der Waals surface area contributed by atoms with Crippen LogP contribution in [0.2, 0.25) is 6.04 Å². The predicted octanol–water partition coefficient (Wildman–Crippen LogP) is 2.01. The van der Waals surface area contributed by atoms with Crippen LogP contribution < -0.4 is 5.32 Å². The van der Waals surface area contributed by atoms with E-state index in [1.807, 2.05) is 30.3 Å². The maximum Gasteiger partial charge on any atom is 0.500 e. The second-order valence-electron chi connectivity index (χ2n) is 4.69. The van der Waals surface area contributed by atoms with Gasteiger partial charge in [-0.15, -0.1) is 0 Å². The molecule has 0 spiro atoms.